The average Bonchev–Trinajstić information content (AvgIpc) is 2.34. The number of aliphatic hydroxyl groups excluding tert-OH is 1. The molecule has 7 heteroatoms. The quantitative estimate of drug-likeness (QED) is 0.310. The molecule has 0 aromatic rings. The van der Waals surface area contributed by atoms with Crippen LogP contribution in [-0.4, -0.2) is 46.8 Å². The average molecular weight is 276 g/mol. The Hall–Kier alpha value is -0.640. The van der Waals surface area contributed by atoms with Crippen molar-refractivity contribution < 1.29 is 19.6 Å². The van der Waals surface area contributed by atoms with Crippen LogP contribution >= 0.6 is 7.92 Å². The van der Waals surface area contributed by atoms with E-state index < -0.39 is 12.0 Å². The third kappa shape index (κ3) is 7.64. The first-order valence-electron chi connectivity index (χ1n) is 6.05. The molecule has 0 spiro atoms. The van der Waals surface area contributed by atoms with Gasteiger partial charge in [-0.2, -0.15) is 0 Å². The molecule has 0 radical (unpaired) electrons. The van der Waals surface area contributed by atoms with E-state index in [0.717, 1.165) is 6.42 Å². The van der Waals surface area contributed by atoms with Gasteiger partial charge in [-0.15, -0.1) is 0 Å². The van der Waals surface area contributed by atoms with Crippen LogP contribution in [0.4, 0.5) is 0 Å². The van der Waals surface area contributed by atoms with Gasteiger partial charge in [-0.25, -0.2) is 0 Å². The molecule has 18 heavy (non-hydrogen) atoms. The zero-order chi connectivity index (χ0) is 13.8. The number of carbonyl (C=O) groups is 1. The molecule has 0 fully saturated rings. The number of unbranched alkanes of at least 4 members (excludes halogenated alkanes) is 2. The summed E-state index contributed by atoms with van der Waals surface area (Å²) < 4.78 is 10.6. The Balaban J connectivity index is 4.48. The standard InChI is InChI=1S/C11H21N2O4P/c12-6-2-1-5-10(11(15)16)13(9-18-17)7-3-4-8-14/h10,14H,1-8,12H2,(H,15,16)/t10-/m0/s1. The van der Waals surface area contributed by atoms with Crippen molar-refractivity contribution in [3.63, 3.8) is 0 Å². The van der Waals surface area contributed by atoms with Crippen LogP contribution in [0.15, 0.2) is 0 Å². The van der Waals surface area contributed by atoms with Crippen molar-refractivity contribution in [3.05, 3.63) is 0 Å². The van der Waals surface area contributed by atoms with Gasteiger partial charge in [0.15, 0.2) is 0 Å². The molecule has 0 heterocycles. The van der Waals surface area contributed by atoms with E-state index in [4.69, 9.17) is 15.9 Å². The van der Waals surface area contributed by atoms with Crippen LogP contribution in [0.2, 0.25) is 0 Å². The molecule has 104 valence electrons. The zero-order valence-electron chi connectivity index (χ0n) is 10.4. The third-order valence-corrected chi connectivity index (χ3v) is 2.91. The van der Waals surface area contributed by atoms with E-state index in [0.29, 0.717) is 38.8 Å². The fourth-order valence-corrected chi connectivity index (χ4v) is 1.96. The molecule has 6 nitrogen and oxygen atoms in total. The van der Waals surface area contributed by atoms with E-state index in [1.165, 1.54) is 4.90 Å². The second-order valence-corrected chi connectivity index (χ2v) is 4.34. The second kappa shape index (κ2) is 11.5. The molecule has 0 aliphatic carbocycles. The molecular formula is C11H21N2O4P. The van der Waals surface area contributed by atoms with Gasteiger partial charge >= 0.3 is 108 Å². The molecule has 4 N–H and O–H groups in total. The van der Waals surface area contributed by atoms with E-state index >= 15 is 0 Å². The van der Waals surface area contributed by atoms with Crippen molar-refractivity contribution in [3.8, 4) is 5.75 Å². The molecule has 0 aromatic heterocycles. The van der Waals surface area contributed by atoms with Crippen LogP contribution < -0.4 is 5.73 Å². The number of hydrogen-bond donors (Lipinski definition) is 3. The van der Waals surface area contributed by atoms with Crippen molar-refractivity contribution in [2.45, 2.75) is 38.1 Å². The van der Waals surface area contributed by atoms with E-state index in [1.54, 1.807) is 0 Å². The van der Waals surface area contributed by atoms with E-state index in [1.807, 2.05) is 0 Å². The summed E-state index contributed by atoms with van der Waals surface area (Å²) >= 11 is 0. The summed E-state index contributed by atoms with van der Waals surface area (Å²) in [5.74, 6) is 1.55. The minimum absolute atomic E-state index is 0.0633. The summed E-state index contributed by atoms with van der Waals surface area (Å²) in [4.78, 5) is 12.6. The minimum atomic E-state index is -0.952. The van der Waals surface area contributed by atoms with Gasteiger partial charge < -0.3 is 0 Å². The van der Waals surface area contributed by atoms with E-state index in [-0.39, 0.29) is 14.5 Å². The van der Waals surface area contributed by atoms with Crippen molar-refractivity contribution in [1.29, 1.82) is 0 Å². The van der Waals surface area contributed by atoms with E-state index in [9.17, 15) is 9.36 Å². The number of nitrogens with zero attached hydrogens (tertiary/aromatic N) is 1. The molecule has 0 aromatic carbocycles. The van der Waals surface area contributed by atoms with Gasteiger partial charge in [-0.3, -0.25) is 0 Å². The van der Waals surface area contributed by atoms with Gasteiger partial charge in [0.1, 0.15) is 0 Å². The maximum absolute atomic E-state index is 11.2. The topological polar surface area (TPSA) is 104 Å². The molecule has 0 saturated heterocycles. The Labute approximate surface area is 108 Å². The molecule has 0 rings (SSSR count). The van der Waals surface area contributed by atoms with Gasteiger partial charge in [0.25, 0.3) is 0 Å². The molecule has 0 aliphatic rings. The van der Waals surface area contributed by atoms with Gasteiger partial charge in [-0.05, 0) is 0 Å². The summed E-state index contributed by atoms with van der Waals surface area (Å²) in [6, 6.07) is -0.725. The predicted octanol–water partition coefficient (Wildman–Crippen LogP) is 0.851. The van der Waals surface area contributed by atoms with Crippen LogP contribution in [0.25, 0.3) is 0 Å². The molecule has 0 aliphatic heterocycles. The monoisotopic (exact) mass is 276 g/mol. The van der Waals surface area contributed by atoms with Crippen LogP contribution in [0.5, 0.6) is 0 Å². The Morgan fingerprint density at radius 1 is 1.33 bits per heavy atom. The first kappa shape index (κ1) is 17.4. The molecule has 0 unspecified atom stereocenters. The van der Waals surface area contributed by atoms with Crippen molar-refractivity contribution in [2.75, 3.05) is 19.7 Å². The van der Waals surface area contributed by atoms with Crippen molar-refractivity contribution >= 4 is 13.9 Å². The number of carboxylic acid groups (broad SMARTS) is 1. The van der Waals surface area contributed by atoms with Crippen LogP contribution in [0, 0.1) is 5.75 Å². The van der Waals surface area contributed by atoms with Crippen molar-refractivity contribution in [2.24, 2.45) is 5.73 Å². The Kier molecular flexibility index (Phi) is 11.0. The van der Waals surface area contributed by atoms with Gasteiger partial charge in [0.2, 0.25) is 0 Å². The van der Waals surface area contributed by atoms with Crippen molar-refractivity contribution in [1.82, 2.24) is 4.90 Å². The Morgan fingerprint density at radius 3 is 2.56 bits per heavy atom. The fourth-order valence-electron chi connectivity index (χ4n) is 1.62. The zero-order valence-corrected chi connectivity index (χ0v) is 11.3. The number of aliphatic carboxylic acids is 1. The van der Waals surface area contributed by atoms with E-state index in [2.05, 4.69) is 5.75 Å². The summed E-state index contributed by atoms with van der Waals surface area (Å²) in [6.45, 7) is 1.02. The molecule has 0 saturated carbocycles. The Bertz CT molecular complexity index is 331. The summed E-state index contributed by atoms with van der Waals surface area (Å²) in [6.07, 6.45) is 3.15. The molecular weight excluding hydrogens is 255 g/mol. The summed E-state index contributed by atoms with van der Waals surface area (Å²) in [5, 5.41) is 17.9. The fraction of sp³-hybridized carbons (Fsp3) is 0.818. The second-order valence-electron chi connectivity index (χ2n) is 3.95. The van der Waals surface area contributed by atoms with Gasteiger partial charge in [0, 0.05) is 0 Å². The first-order chi connectivity index (χ1) is 8.67. The Morgan fingerprint density at radius 2 is 2.06 bits per heavy atom. The molecule has 0 bridgehead atoms. The molecule has 1 atom stereocenters. The SMILES string of the molecule is NCCCC[C@@H](C(=O)O)N(C#P=O)CCCCO. The number of rotatable bonds is 10. The van der Waals surface area contributed by atoms with Crippen LogP contribution in [0.3, 0.4) is 0 Å². The van der Waals surface area contributed by atoms with Gasteiger partial charge in [0.05, 0.1) is 0 Å². The summed E-state index contributed by atoms with van der Waals surface area (Å²) in [7, 11) is -0.328. The number of hydrogen-bond acceptors (Lipinski definition) is 5. The van der Waals surface area contributed by atoms with Crippen LogP contribution in [-0.2, 0) is 9.36 Å². The maximum atomic E-state index is 11.2. The molecule has 0 amide bonds. The third-order valence-electron chi connectivity index (χ3n) is 2.57. The number of nitrogens with two attached hydrogens (primary N) is 1. The predicted molar refractivity (Wildman–Crippen MR) is 68.8 cm³/mol. The summed E-state index contributed by atoms with van der Waals surface area (Å²) in [5.41, 5.74) is 5.37. The number of carboxylic acids is 1. The normalized spacial score (nSPS) is 12.2. The first-order valence-corrected chi connectivity index (χ1v) is 6.87. The van der Waals surface area contributed by atoms with Gasteiger partial charge in [-0.1, -0.05) is 0 Å². The number of aliphatic hydroxyl groups is 1. The van der Waals surface area contributed by atoms with Crippen LogP contribution in [0.1, 0.15) is 32.1 Å².